The lowest BCUT2D eigenvalue weighted by Gasteiger charge is -2.21. The fraction of sp³-hybridized carbons (Fsp3) is 0.222. The van der Waals surface area contributed by atoms with E-state index >= 15 is 0 Å². The molecule has 0 radical (unpaired) electrons. The number of hydrogen-bond acceptors (Lipinski definition) is 10. The van der Waals surface area contributed by atoms with Crippen LogP contribution in [0, 0.1) is 10.1 Å². The zero-order valence-electron chi connectivity index (χ0n) is 21.1. The Balaban J connectivity index is 1.38. The van der Waals surface area contributed by atoms with Gasteiger partial charge in [-0.25, -0.2) is 9.97 Å². The van der Waals surface area contributed by atoms with Crippen molar-refractivity contribution in [1.82, 2.24) is 24.9 Å². The number of aromatic nitrogens is 3. The molecule has 6 rings (SSSR count). The van der Waals surface area contributed by atoms with Crippen molar-refractivity contribution in [3.05, 3.63) is 104 Å². The van der Waals surface area contributed by atoms with Gasteiger partial charge in [0, 0.05) is 50.7 Å². The Labute approximate surface area is 238 Å². The van der Waals surface area contributed by atoms with Crippen LogP contribution in [-0.4, -0.2) is 67.7 Å². The van der Waals surface area contributed by atoms with Gasteiger partial charge in [-0.05, 0) is 41.0 Å². The van der Waals surface area contributed by atoms with E-state index in [9.17, 15) is 10.1 Å². The summed E-state index contributed by atoms with van der Waals surface area (Å²) >= 11 is 11.9. The highest BCUT2D eigenvalue weighted by Gasteiger charge is 2.33. The van der Waals surface area contributed by atoms with Gasteiger partial charge in [-0.1, -0.05) is 40.5 Å². The lowest BCUT2D eigenvalue weighted by atomic mass is 10.0. The summed E-state index contributed by atoms with van der Waals surface area (Å²) in [5.41, 5.74) is 3.87. The van der Waals surface area contributed by atoms with Crippen LogP contribution >= 0.6 is 23.2 Å². The third-order valence-electron chi connectivity index (χ3n) is 6.66. The number of nitro groups is 1. The van der Waals surface area contributed by atoms with Crippen LogP contribution in [0.2, 0.25) is 10.3 Å². The number of halogens is 2. The van der Waals surface area contributed by atoms with Crippen LogP contribution in [0.3, 0.4) is 0 Å². The summed E-state index contributed by atoms with van der Waals surface area (Å²) in [5, 5.41) is 16.7. The molecule has 1 aromatic carbocycles. The molecule has 0 bridgehead atoms. The second-order valence-electron chi connectivity index (χ2n) is 9.27. The van der Waals surface area contributed by atoms with Gasteiger partial charge in [-0.3, -0.25) is 20.1 Å². The number of nitro benzene ring substituents is 1. The molecular weight excluding hydrogens is 555 g/mol. The van der Waals surface area contributed by atoms with Crippen molar-refractivity contribution in [2.24, 2.45) is 9.98 Å². The first kappa shape index (κ1) is 25.9. The predicted molar refractivity (Wildman–Crippen MR) is 151 cm³/mol. The van der Waals surface area contributed by atoms with Crippen molar-refractivity contribution in [3.8, 4) is 11.1 Å². The number of pyridine rings is 2. The smallest absolute Gasteiger partial charge is 0.269 e. The minimum absolute atomic E-state index is 0.00607. The van der Waals surface area contributed by atoms with E-state index < -0.39 is 4.92 Å². The molecule has 0 N–H and O–H groups in total. The van der Waals surface area contributed by atoms with Crippen molar-refractivity contribution in [2.45, 2.75) is 13.1 Å². The van der Waals surface area contributed by atoms with Crippen LogP contribution in [0.25, 0.3) is 11.1 Å². The fourth-order valence-electron chi connectivity index (χ4n) is 4.77. The van der Waals surface area contributed by atoms with Gasteiger partial charge in [-0.2, -0.15) is 0 Å². The average Bonchev–Trinajstić information content (AvgIpc) is 3.71. The zero-order valence-corrected chi connectivity index (χ0v) is 22.6. The van der Waals surface area contributed by atoms with Gasteiger partial charge in [0.05, 0.1) is 23.6 Å². The molecule has 0 spiro atoms. The Bertz CT molecular complexity index is 1510. The van der Waals surface area contributed by atoms with Crippen LogP contribution in [0.5, 0.6) is 0 Å². The number of rotatable bonds is 8. The Morgan fingerprint density at radius 3 is 1.95 bits per heavy atom. The Kier molecular flexibility index (Phi) is 7.14. The van der Waals surface area contributed by atoms with E-state index in [0.717, 1.165) is 11.1 Å². The molecule has 40 heavy (non-hydrogen) atoms. The Morgan fingerprint density at radius 1 is 0.825 bits per heavy atom. The molecule has 0 amide bonds. The maximum absolute atomic E-state index is 11.3. The highest BCUT2D eigenvalue weighted by Crippen LogP contribution is 2.33. The standard InChI is InChI=1S/C27H22Cl2N8O3/c28-21-7-1-17(13-32-21)15-35-11-9-30-26(35)24-23(19-3-5-20(6-4-19)37(38)39)25(40-34-24)27-31-10-12-36(27)16-18-2-8-22(29)33-14-18/h1-8,13-14H,9-12,15-16H2. The molecule has 5 heterocycles. The van der Waals surface area contributed by atoms with Gasteiger partial charge in [0.15, 0.2) is 17.4 Å². The molecule has 2 aliphatic heterocycles. The van der Waals surface area contributed by atoms with E-state index in [2.05, 4.69) is 24.9 Å². The summed E-state index contributed by atoms with van der Waals surface area (Å²) in [7, 11) is 0. The number of hydrogen-bond donors (Lipinski definition) is 0. The molecule has 0 unspecified atom stereocenters. The average molecular weight is 577 g/mol. The normalized spacial score (nSPS) is 14.9. The first-order valence-electron chi connectivity index (χ1n) is 12.5. The molecule has 0 saturated heterocycles. The van der Waals surface area contributed by atoms with Crippen LogP contribution < -0.4 is 0 Å². The SMILES string of the molecule is O=[N+]([O-])c1ccc(-c2c(C3=NCCN3Cc3ccc(Cl)nc3)noc2C2=NCCN2Cc2ccc(Cl)nc2)cc1. The lowest BCUT2D eigenvalue weighted by Crippen LogP contribution is -2.29. The first-order valence-corrected chi connectivity index (χ1v) is 13.3. The second-order valence-corrected chi connectivity index (χ2v) is 10.0. The van der Waals surface area contributed by atoms with E-state index in [4.69, 9.17) is 37.7 Å². The highest BCUT2D eigenvalue weighted by atomic mass is 35.5. The summed E-state index contributed by atoms with van der Waals surface area (Å²) in [6, 6.07) is 13.7. The number of amidine groups is 2. The van der Waals surface area contributed by atoms with Gasteiger partial charge in [-0.15, -0.1) is 0 Å². The van der Waals surface area contributed by atoms with E-state index in [1.54, 1.807) is 36.7 Å². The molecule has 202 valence electrons. The van der Waals surface area contributed by atoms with E-state index in [-0.39, 0.29) is 5.69 Å². The lowest BCUT2D eigenvalue weighted by molar-refractivity contribution is -0.384. The van der Waals surface area contributed by atoms with Crippen molar-refractivity contribution in [1.29, 1.82) is 0 Å². The quantitative estimate of drug-likeness (QED) is 0.165. The predicted octanol–water partition coefficient (Wildman–Crippen LogP) is 4.87. The molecule has 2 aliphatic rings. The number of nitrogens with zero attached hydrogens (tertiary/aromatic N) is 8. The van der Waals surface area contributed by atoms with Gasteiger partial charge in [0.2, 0.25) is 5.76 Å². The molecule has 0 saturated carbocycles. The summed E-state index contributed by atoms with van der Waals surface area (Å²) in [6.45, 7) is 3.66. The van der Waals surface area contributed by atoms with Crippen LogP contribution in [0.1, 0.15) is 22.6 Å². The molecule has 0 fully saturated rings. The van der Waals surface area contributed by atoms with Crippen LogP contribution in [0.15, 0.2) is 75.4 Å². The van der Waals surface area contributed by atoms with Crippen LogP contribution in [-0.2, 0) is 13.1 Å². The maximum atomic E-state index is 11.3. The fourth-order valence-corrected chi connectivity index (χ4v) is 4.99. The summed E-state index contributed by atoms with van der Waals surface area (Å²) in [4.78, 5) is 33.0. The van der Waals surface area contributed by atoms with Gasteiger partial charge in [0.1, 0.15) is 10.3 Å². The molecule has 11 nitrogen and oxygen atoms in total. The van der Waals surface area contributed by atoms with E-state index in [1.165, 1.54) is 12.1 Å². The number of non-ortho nitro benzene ring substituents is 1. The van der Waals surface area contributed by atoms with Crippen molar-refractivity contribution in [2.75, 3.05) is 26.2 Å². The Hall–Kier alpha value is -4.35. The van der Waals surface area contributed by atoms with Crippen molar-refractivity contribution in [3.63, 3.8) is 0 Å². The van der Waals surface area contributed by atoms with Crippen molar-refractivity contribution < 1.29 is 9.45 Å². The zero-order chi connectivity index (χ0) is 27.6. The molecule has 0 aliphatic carbocycles. The first-order chi connectivity index (χ1) is 19.5. The largest absolute Gasteiger partial charge is 0.352 e. The second kappa shape index (κ2) is 11.0. The van der Waals surface area contributed by atoms with Gasteiger partial charge in [0.25, 0.3) is 5.69 Å². The summed E-state index contributed by atoms with van der Waals surface area (Å²) in [6.07, 6.45) is 3.47. The van der Waals surface area contributed by atoms with Crippen LogP contribution in [0.4, 0.5) is 5.69 Å². The molecule has 0 atom stereocenters. The molecule has 4 aromatic rings. The maximum Gasteiger partial charge on any atom is 0.269 e. The minimum Gasteiger partial charge on any atom is -0.352 e. The van der Waals surface area contributed by atoms with E-state index in [0.29, 0.717) is 83.8 Å². The minimum atomic E-state index is -0.425. The van der Waals surface area contributed by atoms with E-state index in [1.807, 2.05) is 12.1 Å². The van der Waals surface area contributed by atoms with Gasteiger partial charge < -0.3 is 14.3 Å². The molecule has 3 aromatic heterocycles. The Morgan fingerprint density at radius 2 is 1.40 bits per heavy atom. The molecule has 13 heteroatoms. The number of benzene rings is 1. The summed E-state index contributed by atoms with van der Waals surface area (Å²) < 4.78 is 6.00. The third-order valence-corrected chi connectivity index (χ3v) is 7.11. The number of aliphatic imine (C=N–C) groups is 2. The monoisotopic (exact) mass is 576 g/mol. The topological polar surface area (TPSA) is 126 Å². The highest BCUT2D eigenvalue weighted by molar-refractivity contribution is 6.29. The van der Waals surface area contributed by atoms with Gasteiger partial charge >= 0.3 is 0 Å². The molecular formula is C27H22Cl2N8O3. The third kappa shape index (κ3) is 5.25. The van der Waals surface area contributed by atoms with Crippen molar-refractivity contribution >= 4 is 40.6 Å². The summed E-state index contributed by atoms with van der Waals surface area (Å²) in [5.74, 6) is 1.80.